The van der Waals surface area contributed by atoms with Crippen molar-refractivity contribution in [2.45, 2.75) is 32.5 Å². The van der Waals surface area contributed by atoms with Gasteiger partial charge in [0.25, 0.3) is 0 Å². The summed E-state index contributed by atoms with van der Waals surface area (Å²) in [7, 11) is 1.75. The lowest BCUT2D eigenvalue weighted by molar-refractivity contribution is 0.0453. The lowest BCUT2D eigenvalue weighted by Gasteiger charge is -2.20. The number of nitrogens with one attached hydrogen (secondary N) is 2. The molecule has 0 aliphatic carbocycles. The predicted molar refractivity (Wildman–Crippen MR) is 136 cm³/mol. The quantitative estimate of drug-likeness (QED) is 0.202. The fourth-order valence-electron chi connectivity index (χ4n) is 3.54. The third-order valence-corrected chi connectivity index (χ3v) is 5.09. The van der Waals surface area contributed by atoms with E-state index in [-0.39, 0.29) is 35.8 Å². The van der Waals surface area contributed by atoms with Gasteiger partial charge in [0.2, 0.25) is 0 Å². The van der Waals surface area contributed by atoms with Gasteiger partial charge in [-0.3, -0.25) is 4.99 Å². The molecule has 2 N–H and O–H groups in total. The lowest BCUT2D eigenvalue weighted by Crippen LogP contribution is -2.44. The third kappa shape index (κ3) is 8.18. The highest BCUT2D eigenvalue weighted by Crippen LogP contribution is 2.20. The van der Waals surface area contributed by atoms with Crippen molar-refractivity contribution in [2.75, 3.05) is 44.9 Å². The molecule has 7 nitrogen and oxygen atoms in total. The normalized spacial score (nSPS) is 16.0. The molecule has 1 aliphatic heterocycles. The van der Waals surface area contributed by atoms with Crippen LogP contribution in [0.1, 0.15) is 24.5 Å². The Labute approximate surface area is 206 Å². The van der Waals surface area contributed by atoms with Gasteiger partial charge >= 0.3 is 0 Å². The number of guanidine groups is 1. The minimum Gasteiger partial charge on any atom is -0.379 e. The molecule has 1 unspecified atom stereocenters. The van der Waals surface area contributed by atoms with E-state index in [0.29, 0.717) is 45.3 Å². The molecule has 1 aromatic heterocycles. The number of aliphatic imine (C=N–C) groups is 1. The lowest BCUT2D eigenvalue weighted by atomic mass is 10.1. The van der Waals surface area contributed by atoms with Crippen LogP contribution in [0.3, 0.4) is 0 Å². The summed E-state index contributed by atoms with van der Waals surface area (Å²) in [6.07, 6.45) is 2.52. The van der Waals surface area contributed by atoms with Crippen LogP contribution in [0.4, 0.5) is 10.2 Å². The van der Waals surface area contributed by atoms with E-state index in [9.17, 15) is 4.39 Å². The standard InChI is InChI=1S/C23H32FN5O2.HI/c1-3-30-12-13-31-17-19-7-4-6-18(14-19)15-27-23(25-2)28-20-9-11-29(16-20)22-21(24)8-5-10-26-22;/h4-8,10,14,20H,3,9,11-13,15-17H2,1-2H3,(H2,25,27,28);1H. The van der Waals surface area contributed by atoms with Crippen LogP contribution < -0.4 is 15.5 Å². The Morgan fingerprint density at radius 2 is 2.03 bits per heavy atom. The summed E-state index contributed by atoms with van der Waals surface area (Å²) < 4.78 is 24.9. The molecular weight excluding hydrogens is 524 g/mol. The monoisotopic (exact) mass is 557 g/mol. The third-order valence-electron chi connectivity index (χ3n) is 5.09. The summed E-state index contributed by atoms with van der Waals surface area (Å²) in [5, 5.41) is 6.79. The van der Waals surface area contributed by atoms with Crippen molar-refractivity contribution in [3.63, 3.8) is 0 Å². The molecule has 1 fully saturated rings. The second-order valence-corrected chi connectivity index (χ2v) is 7.38. The van der Waals surface area contributed by atoms with E-state index in [1.165, 1.54) is 6.07 Å². The van der Waals surface area contributed by atoms with Crippen LogP contribution in [0.15, 0.2) is 47.6 Å². The number of halogens is 2. The minimum atomic E-state index is -0.285. The van der Waals surface area contributed by atoms with Crippen LogP contribution in [-0.4, -0.2) is 56.9 Å². The van der Waals surface area contributed by atoms with Gasteiger partial charge in [0, 0.05) is 45.5 Å². The fraction of sp³-hybridized carbons (Fsp3) is 0.478. The zero-order valence-electron chi connectivity index (χ0n) is 18.7. The molecule has 176 valence electrons. The Bertz CT molecular complexity index is 855. The highest BCUT2D eigenvalue weighted by atomic mass is 127. The van der Waals surface area contributed by atoms with E-state index in [1.807, 2.05) is 17.9 Å². The number of aromatic nitrogens is 1. The zero-order chi connectivity index (χ0) is 21.9. The first-order valence-corrected chi connectivity index (χ1v) is 10.8. The Morgan fingerprint density at radius 1 is 1.22 bits per heavy atom. The van der Waals surface area contributed by atoms with Gasteiger partial charge in [-0.1, -0.05) is 24.3 Å². The van der Waals surface area contributed by atoms with Crippen LogP contribution in [-0.2, 0) is 22.6 Å². The molecule has 0 saturated carbocycles. The van der Waals surface area contributed by atoms with Crippen molar-refractivity contribution in [1.29, 1.82) is 0 Å². The van der Waals surface area contributed by atoms with Crippen molar-refractivity contribution in [3.8, 4) is 0 Å². The second-order valence-electron chi connectivity index (χ2n) is 7.38. The second kappa shape index (κ2) is 14.2. The average molecular weight is 557 g/mol. The van der Waals surface area contributed by atoms with E-state index < -0.39 is 0 Å². The molecule has 0 amide bonds. The Hall–Kier alpha value is -1.98. The van der Waals surface area contributed by atoms with E-state index in [2.05, 4.69) is 38.8 Å². The van der Waals surface area contributed by atoms with Gasteiger partial charge in [0.05, 0.1) is 19.8 Å². The average Bonchev–Trinajstić information content (AvgIpc) is 3.25. The smallest absolute Gasteiger partial charge is 0.191 e. The fourth-order valence-corrected chi connectivity index (χ4v) is 3.54. The Morgan fingerprint density at radius 3 is 2.81 bits per heavy atom. The summed E-state index contributed by atoms with van der Waals surface area (Å²) in [6.45, 7) is 6.55. The highest BCUT2D eigenvalue weighted by molar-refractivity contribution is 14.0. The van der Waals surface area contributed by atoms with E-state index >= 15 is 0 Å². The van der Waals surface area contributed by atoms with Gasteiger partial charge in [-0.2, -0.15) is 0 Å². The summed E-state index contributed by atoms with van der Waals surface area (Å²) in [6, 6.07) is 11.5. The minimum absolute atomic E-state index is 0. The van der Waals surface area contributed by atoms with Crippen molar-refractivity contribution in [2.24, 2.45) is 4.99 Å². The zero-order valence-corrected chi connectivity index (χ0v) is 21.1. The number of nitrogens with zero attached hydrogens (tertiary/aromatic N) is 3. The molecular formula is C23H33FIN5O2. The number of anilines is 1. The topological polar surface area (TPSA) is 71.0 Å². The van der Waals surface area contributed by atoms with Gasteiger partial charge in [-0.05, 0) is 36.6 Å². The Kier molecular flexibility index (Phi) is 11.7. The van der Waals surface area contributed by atoms with E-state index in [1.54, 1.807) is 19.3 Å². The van der Waals surface area contributed by atoms with Crippen LogP contribution in [0, 0.1) is 5.82 Å². The maximum absolute atomic E-state index is 14.0. The van der Waals surface area contributed by atoms with Crippen molar-refractivity contribution in [1.82, 2.24) is 15.6 Å². The molecule has 1 saturated heterocycles. The number of ether oxygens (including phenoxy) is 2. The SMILES string of the molecule is CCOCCOCc1cccc(CNC(=NC)NC2CCN(c3ncccc3F)C2)c1.I. The summed E-state index contributed by atoms with van der Waals surface area (Å²) >= 11 is 0. The first-order valence-electron chi connectivity index (χ1n) is 10.8. The van der Waals surface area contributed by atoms with Crippen molar-refractivity contribution in [3.05, 3.63) is 59.5 Å². The predicted octanol–water partition coefficient (Wildman–Crippen LogP) is 3.34. The highest BCUT2D eigenvalue weighted by Gasteiger charge is 2.25. The largest absolute Gasteiger partial charge is 0.379 e. The first-order chi connectivity index (χ1) is 15.2. The van der Waals surface area contributed by atoms with Crippen LogP contribution in [0.2, 0.25) is 0 Å². The van der Waals surface area contributed by atoms with Gasteiger partial charge in [-0.25, -0.2) is 9.37 Å². The maximum atomic E-state index is 14.0. The molecule has 1 aliphatic rings. The van der Waals surface area contributed by atoms with Crippen molar-refractivity contribution >= 4 is 35.8 Å². The Balaban J connectivity index is 0.00000363. The molecule has 32 heavy (non-hydrogen) atoms. The van der Waals surface area contributed by atoms with E-state index in [0.717, 1.165) is 30.1 Å². The molecule has 0 spiro atoms. The molecule has 2 aromatic rings. The van der Waals surface area contributed by atoms with Gasteiger partial charge in [0.15, 0.2) is 17.6 Å². The number of hydrogen-bond donors (Lipinski definition) is 2. The van der Waals surface area contributed by atoms with E-state index in [4.69, 9.17) is 9.47 Å². The molecule has 0 radical (unpaired) electrons. The van der Waals surface area contributed by atoms with Gasteiger partial charge in [0.1, 0.15) is 0 Å². The summed E-state index contributed by atoms with van der Waals surface area (Å²) in [5.74, 6) is 0.856. The summed E-state index contributed by atoms with van der Waals surface area (Å²) in [5.41, 5.74) is 2.28. The van der Waals surface area contributed by atoms with Crippen LogP contribution >= 0.6 is 24.0 Å². The number of rotatable bonds is 10. The molecule has 2 heterocycles. The number of pyridine rings is 1. The summed E-state index contributed by atoms with van der Waals surface area (Å²) in [4.78, 5) is 10.5. The molecule has 1 aromatic carbocycles. The van der Waals surface area contributed by atoms with Crippen LogP contribution in [0.25, 0.3) is 0 Å². The molecule has 9 heteroatoms. The number of hydrogen-bond acceptors (Lipinski definition) is 5. The van der Waals surface area contributed by atoms with Crippen LogP contribution in [0.5, 0.6) is 0 Å². The maximum Gasteiger partial charge on any atom is 0.191 e. The van der Waals surface area contributed by atoms with Crippen molar-refractivity contribution < 1.29 is 13.9 Å². The molecule has 1 atom stereocenters. The molecule has 0 bridgehead atoms. The molecule has 3 rings (SSSR count). The number of benzene rings is 1. The van der Waals surface area contributed by atoms with Gasteiger partial charge < -0.3 is 25.0 Å². The first kappa shape index (κ1) is 26.3. The van der Waals surface area contributed by atoms with Gasteiger partial charge in [-0.15, -0.1) is 24.0 Å².